The summed E-state index contributed by atoms with van der Waals surface area (Å²) in [6, 6.07) is 13.0. The van der Waals surface area contributed by atoms with Crippen molar-refractivity contribution in [1.29, 1.82) is 0 Å². The summed E-state index contributed by atoms with van der Waals surface area (Å²) >= 11 is 1.73. The van der Waals surface area contributed by atoms with Crippen LogP contribution in [0.15, 0.2) is 46.8 Å². The highest BCUT2D eigenvalue weighted by atomic mass is 32.1. The van der Waals surface area contributed by atoms with Crippen molar-refractivity contribution in [1.82, 2.24) is 9.88 Å². The quantitative estimate of drug-likeness (QED) is 0.393. The van der Waals surface area contributed by atoms with E-state index in [0.717, 1.165) is 29.4 Å². The lowest BCUT2D eigenvalue weighted by molar-refractivity contribution is 0.552. The van der Waals surface area contributed by atoms with Gasteiger partial charge in [-0.15, -0.1) is 11.3 Å². The van der Waals surface area contributed by atoms with Gasteiger partial charge < -0.3 is 4.90 Å². The first-order chi connectivity index (χ1) is 13.0. The minimum Gasteiger partial charge on any atom is -0.366 e. The molecule has 0 spiro atoms. The second-order valence-electron chi connectivity index (χ2n) is 7.05. The summed E-state index contributed by atoms with van der Waals surface area (Å²) in [6.07, 6.45) is 2.76. The van der Waals surface area contributed by atoms with E-state index in [1.807, 2.05) is 13.4 Å². The Morgan fingerprint density at radius 2 is 1.81 bits per heavy atom. The van der Waals surface area contributed by atoms with Crippen LogP contribution in [0.3, 0.4) is 0 Å². The number of benzene rings is 2. The molecule has 0 unspecified atom stereocenters. The summed E-state index contributed by atoms with van der Waals surface area (Å²) in [7, 11) is 2.04. The summed E-state index contributed by atoms with van der Waals surface area (Å²) in [5.41, 5.74) is 8.34. The number of aliphatic imine (C=N–C) groups is 1. The molecule has 1 aromatic heterocycles. The molecule has 0 aliphatic heterocycles. The van der Waals surface area contributed by atoms with E-state index in [1.165, 1.54) is 27.8 Å². The fraction of sp³-hybridized carbons (Fsp3) is 0.304. The molecule has 0 aliphatic carbocycles. The van der Waals surface area contributed by atoms with Crippen LogP contribution < -0.4 is 0 Å². The van der Waals surface area contributed by atoms with E-state index < -0.39 is 0 Å². The van der Waals surface area contributed by atoms with Gasteiger partial charge in [-0.3, -0.25) is 0 Å². The smallest absolute Gasteiger partial charge is 0.0976 e. The normalized spacial score (nSPS) is 11.3. The Morgan fingerprint density at radius 1 is 1.07 bits per heavy atom. The Hall–Kier alpha value is -2.46. The second-order valence-corrected chi connectivity index (χ2v) is 7.99. The summed E-state index contributed by atoms with van der Waals surface area (Å²) in [5.74, 6) is 0. The van der Waals surface area contributed by atoms with Crippen LogP contribution in [-0.4, -0.2) is 29.8 Å². The van der Waals surface area contributed by atoms with Gasteiger partial charge in [0.25, 0.3) is 0 Å². The lowest BCUT2D eigenvalue weighted by Crippen LogP contribution is -2.14. The highest BCUT2D eigenvalue weighted by Gasteiger charge is 2.09. The number of aromatic nitrogens is 1. The highest BCUT2D eigenvalue weighted by Crippen LogP contribution is 2.28. The molecule has 27 heavy (non-hydrogen) atoms. The van der Waals surface area contributed by atoms with Crippen LogP contribution >= 0.6 is 11.3 Å². The lowest BCUT2D eigenvalue weighted by atomic mass is 10.0. The van der Waals surface area contributed by atoms with E-state index in [1.54, 1.807) is 11.3 Å². The van der Waals surface area contributed by atoms with E-state index >= 15 is 0 Å². The van der Waals surface area contributed by atoms with Gasteiger partial charge in [0.05, 0.1) is 22.7 Å². The van der Waals surface area contributed by atoms with Gasteiger partial charge in [0.15, 0.2) is 0 Å². The Labute approximate surface area is 166 Å². The number of aryl methyl sites for hydroxylation is 3. The zero-order valence-corrected chi connectivity index (χ0v) is 17.6. The third-order valence-electron chi connectivity index (χ3n) is 4.79. The molecule has 0 atom stereocenters. The molecule has 0 bridgehead atoms. The van der Waals surface area contributed by atoms with Crippen molar-refractivity contribution in [3.63, 3.8) is 0 Å². The average molecular weight is 378 g/mol. The van der Waals surface area contributed by atoms with E-state index in [9.17, 15) is 0 Å². The molecule has 0 radical (unpaired) electrons. The maximum absolute atomic E-state index is 4.85. The SMILES string of the molecule is CCN(C)C=Nc1cc(C)c(Cc2nc(-c3ccc(C)cc3)cs2)cc1C. The van der Waals surface area contributed by atoms with Crippen LogP contribution in [-0.2, 0) is 6.42 Å². The van der Waals surface area contributed by atoms with Crippen LogP contribution in [0.2, 0.25) is 0 Å². The fourth-order valence-corrected chi connectivity index (χ4v) is 3.67. The monoisotopic (exact) mass is 377 g/mol. The Kier molecular flexibility index (Phi) is 6.07. The molecule has 4 heteroatoms. The van der Waals surface area contributed by atoms with Crippen LogP contribution in [0.4, 0.5) is 5.69 Å². The summed E-state index contributed by atoms with van der Waals surface area (Å²) in [4.78, 5) is 11.6. The average Bonchev–Trinajstić information content (AvgIpc) is 3.12. The molecule has 0 amide bonds. The van der Waals surface area contributed by atoms with Crippen molar-refractivity contribution < 1.29 is 0 Å². The zero-order valence-electron chi connectivity index (χ0n) is 16.8. The van der Waals surface area contributed by atoms with Crippen molar-refractivity contribution in [2.24, 2.45) is 4.99 Å². The maximum atomic E-state index is 4.85. The predicted octanol–water partition coefficient (Wildman–Crippen LogP) is 5.94. The number of hydrogen-bond donors (Lipinski definition) is 0. The summed E-state index contributed by atoms with van der Waals surface area (Å²) in [5, 5.41) is 3.30. The Balaban J connectivity index is 1.79. The summed E-state index contributed by atoms with van der Waals surface area (Å²) in [6.45, 7) is 9.46. The van der Waals surface area contributed by atoms with E-state index in [0.29, 0.717) is 0 Å². The molecule has 0 aliphatic rings. The van der Waals surface area contributed by atoms with Gasteiger partial charge in [-0.05, 0) is 50.5 Å². The first-order valence-corrected chi connectivity index (χ1v) is 10.2. The van der Waals surface area contributed by atoms with Crippen molar-refractivity contribution in [3.8, 4) is 11.3 Å². The number of hydrogen-bond acceptors (Lipinski definition) is 3. The largest absolute Gasteiger partial charge is 0.366 e. The van der Waals surface area contributed by atoms with Crippen LogP contribution in [0, 0.1) is 20.8 Å². The molecular weight excluding hydrogens is 350 g/mol. The van der Waals surface area contributed by atoms with Gasteiger partial charge in [0, 0.05) is 31.0 Å². The molecule has 0 saturated heterocycles. The number of rotatable bonds is 6. The van der Waals surface area contributed by atoms with Crippen molar-refractivity contribution in [2.45, 2.75) is 34.1 Å². The molecule has 0 N–H and O–H groups in total. The molecule has 0 saturated carbocycles. The predicted molar refractivity (Wildman–Crippen MR) is 117 cm³/mol. The van der Waals surface area contributed by atoms with Crippen molar-refractivity contribution >= 4 is 23.4 Å². The minimum atomic E-state index is 0.863. The fourth-order valence-electron chi connectivity index (χ4n) is 2.84. The van der Waals surface area contributed by atoms with Crippen LogP contribution in [0.1, 0.15) is 34.2 Å². The van der Waals surface area contributed by atoms with Crippen molar-refractivity contribution in [2.75, 3.05) is 13.6 Å². The molecule has 3 rings (SSSR count). The standard InChI is InChI=1S/C23H27N3S/c1-6-26(5)15-24-21-12-17(3)20(11-18(21)4)13-23-25-22(14-27-23)19-9-7-16(2)8-10-19/h7-12,14-15H,6,13H2,1-5H3. The molecule has 0 fully saturated rings. The third kappa shape index (κ3) is 4.83. The van der Waals surface area contributed by atoms with Gasteiger partial charge in [0.2, 0.25) is 0 Å². The van der Waals surface area contributed by atoms with Gasteiger partial charge in [0.1, 0.15) is 0 Å². The van der Waals surface area contributed by atoms with Gasteiger partial charge in [-0.1, -0.05) is 35.9 Å². The molecule has 3 aromatic rings. The minimum absolute atomic E-state index is 0.863. The molecule has 2 aromatic carbocycles. The van der Waals surface area contributed by atoms with Crippen LogP contribution in [0.5, 0.6) is 0 Å². The Bertz CT molecular complexity index is 939. The highest BCUT2D eigenvalue weighted by molar-refractivity contribution is 7.10. The Morgan fingerprint density at radius 3 is 2.52 bits per heavy atom. The lowest BCUT2D eigenvalue weighted by Gasteiger charge is -2.11. The molecule has 3 nitrogen and oxygen atoms in total. The van der Waals surface area contributed by atoms with E-state index in [4.69, 9.17) is 4.98 Å². The van der Waals surface area contributed by atoms with Crippen LogP contribution in [0.25, 0.3) is 11.3 Å². The summed E-state index contributed by atoms with van der Waals surface area (Å²) < 4.78 is 0. The van der Waals surface area contributed by atoms with Gasteiger partial charge in [-0.25, -0.2) is 9.98 Å². The molecule has 1 heterocycles. The van der Waals surface area contributed by atoms with Gasteiger partial charge in [-0.2, -0.15) is 0 Å². The topological polar surface area (TPSA) is 28.5 Å². The first kappa shape index (κ1) is 19.3. The maximum Gasteiger partial charge on any atom is 0.0976 e. The van der Waals surface area contributed by atoms with Gasteiger partial charge >= 0.3 is 0 Å². The number of thiazole rings is 1. The van der Waals surface area contributed by atoms with Crippen molar-refractivity contribution in [3.05, 3.63) is 69.0 Å². The molecular formula is C23H27N3S. The molecule has 140 valence electrons. The van der Waals surface area contributed by atoms with E-state index in [-0.39, 0.29) is 0 Å². The third-order valence-corrected chi connectivity index (χ3v) is 5.64. The second kappa shape index (κ2) is 8.49. The number of nitrogens with zero attached hydrogens (tertiary/aromatic N) is 3. The zero-order chi connectivity index (χ0) is 19.4. The first-order valence-electron chi connectivity index (χ1n) is 9.32. The van der Waals surface area contributed by atoms with E-state index in [2.05, 4.69) is 79.4 Å².